The number of hydrogen-bond donors (Lipinski definition) is 2. The smallest absolute Gasteiger partial charge is 0.311 e. The Morgan fingerprint density at radius 1 is 1.25 bits per heavy atom. The molecule has 0 aromatic rings. The molecule has 0 aromatic heterocycles. The van der Waals surface area contributed by atoms with Crippen LogP contribution in [0, 0.1) is 0 Å². The highest BCUT2D eigenvalue weighted by atomic mass is 32.1. The lowest BCUT2D eigenvalue weighted by Gasteiger charge is -2.34. The van der Waals surface area contributed by atoms with E-state index in [-0.39, 0.29) is 11.5 Å². The van der Waals surface area contributed by atoms with Gasteiger partial charge in [0.05, 0.1) is 11.5 Å². The summed E-state index contributed by atoms with van der Waals surface area (Å²) < 4.78 is 0. The van der Waals surface area contributed by atoms with Crippen molar-refractivity contribution in [2.75, 3.05) is 59.9 Å². The number of likely N-dealkylation sites (N-methyl/N-ethyl adjacent to an activating group) is 1. The fourth-order valence-corrected chi connectivity index (χ4v) is 1.97. The number of piperazine rings is 1. The van der Waals surface area contributed by atoms with Crippen molar-refractivity contribution in [3.05, 3.63) is 0 Å². The van der Waals surface area contributed by atoms with E-state index in [1.807, 2.05) is 14.1 Å². The first kappa shape index (κ1) is 16.8. The van der Waals surface area contributed by atoms with Crippen molar-refractivity contribution in [3.63, 3.8) is 0 Å². The molecule has 114 valence electrons. The van der Waals surface area contributed by atoms with Gasteiger partial charge in [-0.1, -0.05) is 12.2 Å². The SMILES string of the molecule is CN(C)CCN1CCN(C(=O)C(=O)NCC(N)=S)CC1. The second-order valence-corrected chi connectivity index (χ2v) is 5.61. The van der Waals surface area contributed by atoms with E-state index in [0.29, 0.717) is 13.1 Å². The van der Waals surface area contributed by atoms with Crippen LogP contribution in [0.3, 0.4) is 0 Å². The van der Waals surface area contributed by atoms with E-state index in [1.54, 1.807) is 4.90 Å². The van der Waals surface area contributed by atoms with Crippen molar-refractivity contribution in [3.8, 4) is 0 Å². The monoisotopic (exact) mass is 301 g/mol. The Kier molecular flexibility index (Phi) is 6.83. The molecule has 1 fully saturated rings. The summed E-state index contributed by atoms with van der Waals surface area (Å²) in [6, 6.07) is 0. The Balaban J connectivity index is 2.31. The molecule has 0 radical (unpaired) electrons. The minimum Gasteiger partial charge on any atom is -0.392 e. The average Bonchev–Trinajstić information content (AvgIpc) is 2.42. The maximum Gasteiger partial charge on any atom is 0.311 e. The molecule has 0 unspecified atom stereocenters. The van der Waals surface area contributed by atoms with Crippen LogP contribution in [-0.4, -0.2) is 91.4 Å². The van der Waals surface area contributed by atoms with Crippen molar-refractivity contribution >= 4 is 29.0 Å². The predicted octanol–water partition coefficient (Wildman–Crippen LogP) is -1.91. The molecule has 1 rings (SSSR count). The van der Waals surface area contributed by atoms with Gasteiger partial charge in [-0.15, -0.1) is 0 Å². The number of nitrogens with two attached hydrogens (primary N) is 1. The standard InChI is InChI=1S/C12H23N5O2S/c1-15(2)3-4-16-5-7-17(8-6-16)12(19)11(18)14-9-10(13)20/h3-9H2,1-2H3,(H2,13,20)(H,14,18). The molecule has 1 aliphatic heterocycles. The van der Waals surface area contributed by atoms with Crippen LogP contribution in [0.15, 0.2) is 0 Å². The summed E-state index contributed by atoms with van der Waals surface area (Å²) in [5, 5.41) is 2.41. The normalized spacial score (nSPS) is 16.2. The average molecular weight is 301 g/mol. The zero-order chi connectivity index (χ0) is 15.1. The van der Waals surface area contributed by atoms with Crippen LogP contribution in [0.5, 0.6) is 0 Å². The molecular weight excluding hydrogens is 278 g/mol. The van der Waals surface area contributed by atoms with Crippen LogP contribution >= 0.6 is 12.2 Å². The maximum absolute atomic E-state index is 11.9. The predicted molar refractivity (Wildman–Crippen MR) is 81.4 cm³/mol. The fourth-order valence-electron chi connectivity index (χ4n) is 1.90. The van der Waals surface area contributed by atoms with Crippen molar-refractivity contribution in [2.24, 2.45) is 5.73 Å². The fraction of sp³-hybridized carbons (Fsp3) is 0.750. The molecule has 3 N–H and O–H groups in total. The Labute approximate surface area is 125 Å². The molecule has 1 saturated heterocycles. The number of amides is 2. The van der Waals surface area contributed by atoms with Gasteiger partial charge >= 0.3 is 11.8 Å². The molecule has 1 heterocycles. The molecule has 2 amide bonds. The summed E-state index contributed by atoms with van der Waals surface area (Å²) in [5.41, 5.74) is 5.28. The lowest BCUT2D eigenvalue weighted by Crippen LogP contribution is -2.53. The van der Waals surface area contributed by atoms with Gasteiger partial charge < -0.3 is 20.9 Å². The van der Waals surface area contributed by atoms with Crippen LogP contribution in [0.2, 0.25) is 0 Å². The lowest BCUT2D eigenvalue weighted by atomic mass is 10.3. The largest absolute Gasteiger partial charge is 0.392 e. The van der Waals surface area contributed by atoms with Crippen molar-refractivity contribution in [1.29, 1.82) is 0 Å². The summed E-state index contributed by atoms with van der Waals surface area (Å²) in [4.78, 5) is 29.6. The number of thiocarbonyl (C=S) groups is 1. The molecule has 0 aliphatic carbocycles. The first-order valence-electron chi connectivity index (χ1n) is 6.62. The zero-order valence-corrected chi connectivity index (χ0v) is 12.9. The molecule has 0 aromatic carbocycles. The van der Waals surface area contributed by atoms with E-state index < -0.39 is 11.8 Å². The maximum atomic E-state index is 11.9. The van der Waals surface area contributed by atoms with Gasteiger partial charge in [-0.2, -0.15) is 0 Å². The van der Waals surface area contributed by atoms with E-state index in [9.17, 15) is 9.59 Å². The molecule has 0 bridgehead atoms. The minimum absolute atomic E-state index is 0.0582. The van der Waals surface area contributed by atoms with Crippen molar-refractivity contribution in [2.45, 2.75) is 0 Å². The van der Waals surface area contributed by atoms with Gasteiger partial charge in [-0.05, 0) is 14.1 Å². The van der Waals surface area contributed by atoms with Gasteiger partial charge in [0, 0.05) is 39.3 Å². The highest BCUT2D eigenvalue weighted by Gasteiger charge is 2.25. The second kappa shape index (κ2) is 8.13. The molecule has 1 aliphatic rings. The summed E-state index contributed by atoms with van der Waals surface area (Å²) >= 11 is 4.65. The first-order valence-corrected chi connectivity index (χ1v) is 7.03. The van der Waals surface area contributed by atoms with Crippen molar-refractivity contribution in [1.82, 2.24) is 20.0 Å². The molecule has 20 heavy (non-hydrogen) atoms. The van der Waals surface area contributed by atoms with E-state index in [4.69, 9.17) is 5.73 Å². The Morgan fingerprint density at radius 2 is 1.85 bits per heavy atom. The number of hydrogen-bond acceptors (Lipinski definition) is 5. The Morgan fingerprint density at radius 3 is 2.35 bits per heavy atom. The van der Waals surface area contributed by atoms with Crippen LogP contribution in [-0.2, 0) is 9.59 Å². The van der Waals surface area contributed by atoms with Crippen LogP contribution < -0.4 is 11.1 Å². The number of carbonyl (C=O) groups is 2. The van der Waals surface area contributed by atoms with Crippen molar-refractivity contribution < 1.29 is 9.59 Å². The molecule has 7 nitrogen and oxygen atoms in total. The van der Waals surface area contributed by atoms with Gasteiger partial charge in [0.15, 0.2) is 0 Å². The number of rotatable bonds is 5. The highest BCUT2D eigenvalue weighted by molar-refractivity contribution is 7.80. The van der Waals surface area contributed by atoms with Gasteiger partial charge in [-0.3, -0.25) is 14.5 Å². The second-order valence-electron chi connectivity index (χ2n) is 5.09. The molecule has 0 saturated carbocycles. The van der Waals surface area contributed by atoms with Crippen LogP contribution in [0.4, 0.5) is 0 Å². The number of carbonyl (C=O) groups excluding carboxylic acids is 2. The Bertz CT molecular complexity index is 367. The first-order chi connectivity index (χ1) is 9.40. The summed E-state index contributed by atoms with van der Waals surface area (Å²) in [5.74, 6) is -1.15. The number of nitrogens with zero attached hydrogens (tertiary/aromatic N) is 3. The van der Waals surface area contributed by atoms with Crippen LogP contribution in [0.25, 0.3) is 0 Å². The van der Waals surface area contributed by atoms with E-state index in [2.05, 4.69) is 27.3 Å². The van der Waals surface area contributed by atoms with Gasteiger partial charge in [0.25, 0.3) is 0 Å². The molecule has 0 atom stereocenters. The Hall–Kier alpha value is -1.25. The zero-order valence-electron chi connectivity index (χ0n) is 12.1. The summed E-state index contributed by atoms with van der Waals surface area (Å²) in [6.45, 7) is 4.76. The summed E-state index contributed by atoms with van der Waals surface area (Å²) in [6.07, 6.45) is 0. The van der Waals surface area contributed by atoms with E-state index in [0.717, 1.165) is 26.2 Å². The van der Waals surface area contributed by atoms with Crippen LogP contribution in [0.1, 0.15) is 0 Å². The highest BCUT2D eigenvalue weighted by Crippen LogP contribution is 2.02. The molecule has 0 spiro atoms. The van der Waals surface area contributed by atoms with Gasteiger partial charge in [0.2, 0.25) is 0 Å². The van der Waals surface area contributed by atoms with Gasteiger partial charge in [0.1, 0.15) is 0 Å². The minimum atomic E-state index is -0.639. The third-order valence-corrected chi connectivity index (χ3v) is 3.28. The lowest BCUT2D eigenvalue weighted by molar-refractivity contribution is -0.146. The molecular formula is C12H23N5O2S. The number of nitrogens with one attached hydrogen (secondary N) is 1. The third kappa shape index (κ3) is 5.81. The van der Waals surface area contributed by atoms with E-state index in [1.165, 1.54) is 0 Å². The van der Waals surface area contributed by atoms with Gasteiger partial charge in [-0.25, -0.2) is 0 Å². The van der Waals surface area contributed by atoms with E-state index >= 15 is 0 Å². The quantitative estimate of drug-likeness (QED) is 0.456. The topological polar surface area (TPSA) is 81.9 Å². The third-order valence-electron chi connectivity index (χ3n) is 3.14. The molecule has 8 heteroatoms. The summed E-state index contributed by atoms with van der Waals surface area (Å²) in [7, 11) is 4.07.